The molecule has 10 heteroatoms. The Labute approximate surface area is 189 Å². The average Bonchev–Trinajstić information content (AvgIpc) is 2.14. The normalized spacial score (nSPS) is 9.76. The predicted octanol–water partition coefficient (Wildman–Crippen LogP) is -5.73. The zero-order valence-corrected chi connectivity index (χ0v) is 18.1. The van der Waals surface area contributed by atoms with Crippen LogP contribution in [-0.4, -0.2) is 31.6 Å². The molecule has 6 nitrogen and oxygen atoms in total. The van der Waals surface area contributed by atoms with Crippen molar-refractivity contribution in [3.05, 3.63) is 39.9 Å². The Hall–Kier alpha value is 2.48. The van der Waals surface area contributed by atoms with Crippen LogP contribution in [0.15, 0.2) is 24.3 Å². The molecule has 0 fully saturated rings. The number of nitro groups is 1. The Balaban J connectivity index is 0. The molecule has 0 unspecified atom stereocenters. The van der Waals surface area contributed by atoms with Gasteiger partial charge in [-0.3, -0.25) is 0 Å². The summed E-state index contributed by atoms with van der Waals surface area (Å²) in [5, 5.41) is 10.4. The Kier molecular flexibility index (Phi) is 13.1. The Bertz CT molecular complexity index is 478. The van der Waals surface area contributed by atoms with E-state index in [4.69, 9.17) is 0 Å². The van der Waals surface area contributed by atoms with Crippen molar-refractivity contribution < 1.29 is 121 Å². The molecule has 0 aromatic heterocycles. The molecule has 0 saturated carbocycles. The molecule has 0 heterocycles. The van der Waals surface area contributed by atoms with Crippen LogP contribution >= 0.6 is 0 Å². The molecule has 17 heavy (non-hydrogen) atoms. The maximum atomic E-state index is 10.3. The number of rotatable bonds is 3. The van der Waals surface area contributed by atoms with Crippen molar-refractivity contribution in [2.24, 2.45) is 0 Å². The summed E-state index contributed by atoms with van der Waals surface area (Å²) in [6.45, 7) is 0. The molecule has 0 amide bonds. The molecule has 0 bridgehead atoms. The zero-order chi connectivity index (χ0) is 11.5. The largest absolute Gasteiger partial charge is 1.00 e. The zero-order valence-electron chi connectivity index (χ0n) is 9.32. The van der Waals surface area contributed by atoms with Gasteiger partial charge in [-0.1, -0.05) is 0 Å². The van der Waals surface area contributed by atoms with E-state index in [1.54, 1.807) is 0 Å². The molecule has 0 saturated heterocycles. The van der Waals surface area contributed by atoms with Gasteiger partial charge in [-0.25, -0.2) is 0 Å². The van der Waals surface area contributed by atoms with E-state index in [1.807, 2.05) is 0 Å². The van der Waals surface area contributed by atoms with Gasteiger partial charge in [-0.05, 0) is 0 Å². The number of hydrogen-bond donors (Lipinski definition) is 0. The summed E-state index contributed by atoms with van der Waals surface area (Å²) in [5.74, 6) is 0. The van der Waals surface area contributed by atoms with Crippen molar-refractivity contribution in [3.63, 3.8) is 0 Å². The van der Waals surface area contributed by atoms with Crippen molar-refractivity contribution in [3.8, 4) is 0 Å². The van der Waals surface area contributed by atoms with Gasteiger partial charge in [0.25, 0.3) is 0 Å². The van der Waals surface area contributed by atoms with Crippen LogP contribution < -0.4 is 103 Å². The fraction of sp³-hybridized carbons (Fsp3) is 0.143. The smallest absolute Gasteiger partial charge is 1.00 e. The third kappa shape index (κ3) is 9.93. The maximum Gasteiger partial charge on any atom is 1.00 e. The summed E-state index contributed by atoms with van der Waals surface area (Å²) in [6.07, 6.45) is 0. The van der Waals surface area contributed by atoms with Gasteiger partial charge in [0.15, 0.2) is 0 Å². The van der Waals surface area contributed by atoms with E-state index in [1.165, 1.54) is 24.3 Å². The molecular formula is C7H6K2NO5SSe. The van der Waals surface area contributed by atoms with E-state index in [9.17, 15) is 23.4 Å². The van der Waals surface area contributed by atoms with Crippen molar-refractivity contribution in [1.82, 2.24) is 0 Å². The van der Waals surface area contributed by atoms with Gasteiger partial charge >= 0.3 is 194 Å². The Morgan fingerprint density at radius 3 is 2.00 bits per heavy atom. The fourth-order valence-electron chi connectivity index (χ4n) is 0.854. The molecule has 0 N–H and O–H groups in total. The van der Waals surface area contributed by atoms with E-state index in [2.05, 4.69) is 0 Å². The van der Waals surface area contributed by atoms with Gasteiger partial charge in [-0.15, -0.1) is 0 Å². The Morgan fingerprint density at radius 1 is 1.18 bits per heavy atom. The number of hydrogen-bond acceptors (Lipinski definition) is 5. The summed E-state index contributed by atoms with van der Waals surface area (Å²) in [6, 6.07) is 5.46. The van der Waals surface area contributed by atoms with Gasteiger partial charge in [0.05, 0.1) is 0 Å². The van der Waals surface area contributed by atoms with Crippen molar-refractivity contribution in [2.45, 2.75) is 5.32 Å². The minimum absolute atomic E-state index is 0. The van der Waals surface area contributed by atoms with Crippen LogP contribution in [0.5, 0.6) is 0 Å². The molecule has 83 valence electrons. The molecule has 1 aromatic rings. The summed E-state index contributed by atoms with van der Waals surface area (Å²) in [5.41, 5.74) is 0.552. The van der Waals surface area contributed by atoms with E-state index < -0.39 is 26.7 Å². The number of non-ortho nitro benzene ring substituents is 1. The summed E-state index contributed by atoms with van der Waals surface area (Å²) in [4.78, 5) is 9.75. The average molecular weight is 373 g/mol. The van der Waals surface area contributed by atoms with E-state index >= 15 is 0 Å². The molecule has 1 radical (unpaired) electrons. The fourth-order valence-corrected chi connectivity index (χ4v) is 3.30. The second-order valence-corrected chi connectivity index (χ2v) is 8.31. The van der Waals surface area contributed by atoms with Crippen LogP contribution in [0.3, 0.4) is 0 Å². The summed E-state index contributed by atoms with van der Waals surface area (Å²) >= 11 is -1.05. The second-order valence-electron chi connectivity index (χ2n) is 2.59. The summed E-state index contributed by atoms with van der Waals surface area (Å²) in [7, 11) is -4.17. The van der Waals surface area contributed by atoms with Gasteiger partial charge in [0.1, 0.15) is 0 Å². The SMILES string of the molecule is O=[N+]([O-])c1ccc(C[Se]=S(=O)([O-])[O-])cc1.[K+].[K+]. The Morgan fingerprint density at radius 2 is 1.65 bits per heavy atom. The van der Waals surface area contributed by atoms with Crippen LogP contribution in [0.2, 0.25) is 0 Å². The van der Waals surface area contributed by atoms with Crippen LogP contribution in [0.1, 0.15) is 5.56 Å². The molecule has 0 aliphatic heterocycles. The van der Waals surface area contributed by atoms with Crippen molar-refractivity contribution in [2.75, 3.05) is 0 Å². The minimum atomic E-state index is -4.17. The first-order valence-electron chi connectivity index (χ1n) is 3.72. The summed E-state index contributed by atoms with van der Waals surface area (Å²) < 4.78 is 31.0. The number of benzene rings is 1. The predicted molar refractivity (Wildman–Crippen MR) is 52.3 cm³/mol. The van der Waals surface area contributed by atoms with Gasteiger partial charge < -0.3 is 0 Å². The van der Waals surface area contributed by atoms with Crippen molar-refractivity contribution >= 4 is 27.4 Å². The minimum Gasteiger partial charge on any atom is 1.00 e. The first-order chi connectivity index (χ1) is 6.88. The van der Waals surface area contributed by atoms with Gasteiger partial charge in [0, 0.05) is 0 Å². The maximum absolute atomic E-state index is 10.3. The van der Waals surface area contributed by atoms with Crippen molar-refractivity contribution in [1.29, 1.82) is 0 Å². The number of nitro benzene ring substituents is 1. The van der Waals surface area contributed by atoms with E-state index in [0.717, 1.165) is 0 Å². The quantitative estimate of drug-likeness (QED) is 0.298. The van der Waals surface area contributed by atoms with Crippen LogP contribution in [0.4, 0.5) is 5.69 Å². The van der Waals surface area contributed by atoms with Gasteiger partial charge in [-0.2, -0.15) is 0 Å². The third-order valence-corrected chi connectivity index (χ3v) is 5.18. The number of nitrogens with zero attached hydrogens (tertiary/aromatic N) is 1. The van der Waals surface area contributed by atoms with Crippen LogP contribution in [0, 0.1) is 10.1 Å². The second kappa shape index (κ2) is 10.2. The molecule has 0 aliphatic carbocycles. The third-order valence-electron chi connectivity index (χ3n) is 1.52. The molecule has 0 aliphatic rings. The van der Waals surface area contributed by atoms with E-state index in [0.29, 0.717) is 5.56 Å². The first-order valence-corrected chi connectivity index (χ1v) is 8.36. The first kappa shape index (κ1) is 21.8. The molecule has 0 spiro atoms. The molecule has 0 atom stereocenters. The monoisotopic (exact) mass is 374 g/mol. The standard InChI is InChI=1S/C7H8NO5SSe.2K/c9-8(10)7-3-1-6(2-4-7)5-15-14(11,12)13;;/h1-4H,5H2,(H2,11,12,13);;/q;2*+1/p-2. The topological polar surface area (TPSA) is 106 Å². The van der Waals surface area contributed by atoms with Gasteiger partial charge in [0.2, 0.25) is 0 Å². The molecule has 1 aromatic carbocycles. The van der Waals surface area contributed by atoms with E-state index in [-0.39, 0.29) is 114 Å². The molecule has 1 rings (SSSR count). The van der Waals surface area contributed by atoms with Crippen LogP contribution in [-0.2, 0) is 13.7 Å². The molecular weight excluding hydrogens is 367 g/mol. The van der Waals surface area contributed by atoms with Crippen LogP contribution in [0.25, 0.3) is 0 Å².